The minimum atomic E-state index is -0.578. The van der Waals surface area contributed by atoms with Gasteiger partial charge < -0.3 is 15.6 Å². The fourth-order valence-corrected chi connectivity index (χ4v) is 1.61. The highest BCUT2D eigenvalue weighted by Crippen LogP contribution is 2.15. The van der Waals surface area contributed by atoms with Crippen LogP contribution in [0.5, 0.6) is 0 Å². The van der Waals surface area contributed by atoms with Gasteiger partial charge in [0, 0.05) is 0 Å². The van der Waals surface area contributed by atoms with Gasteiger partial charge in [-0.3, -0.25) is 0 Å². The molecule has 1 aliphatic rings. The average molecular weight is 205 g/mol. The highest BCUT2D eigenvalue weighted by Gasteiger charge is 2.27. The Balaban J connectivity index is 1.87. The lowest BCUT2D eigenvalue weighted by atomic mass is 10.2. The number of hydrogen-bond acceptors (Lipinski definition) is 3. The number of benzene rings is 1. The first kappa shape index (κ1) is 10.4. The quantitative estimate of drug-likeness (QED) is 0.719. The zero-order chi connectivity index (χ0) is 10.7. The first-order valence-corrected chi connectivity index (χ1v) is 5.05. The Morgan fingerprint density at radius 3 is 2.53 bits per heavy atom. The molecule has 2 rings (SSSR count). The molecule has 0 saturated carbocycles. The molecule has 0 aromatic heterocycles. The maximum absolute atomic E-state index is 9.37. The topological polar surface area (TPSA) is 55.5 Å². The molecule has 80 valence electrons. The molecule has 0 radical (unpaired) electrons. The molecular weight excluding hydrogens is 190 g/mol. The van der Waals surface area contributed by atoms with Crippen LogP contribution in [-0.2, 0) is 11.3 Å². The summed E-state index contributed by atoms with van der Waals surface area (Å²) >= 11 is 0. The van der Waals surface area contributed by atoms with Crippen LogP contribution >= 0.6 is 0 Å². The summed E-state index contributed by atoms with van der Waals surface area (Å²) in [5.74, 6) is 0. The lowest BCUT2D eigenvalue weighted by Gasteiger charge is -2.18. The molecule has 0 heterocycles. The van der Waals surface area contributed by atoms with E-state index in [9.17, 15) is 5.11 Å². The van der Waals surface area contributed by atoms with Crippen LogP contribution in [0, 0.1) is 0 Å². The standard InChI is InChI=1S/C12H15NO2/c13-12-10(14)6-7-11(12)15-8-9-4-2-1-3-5-9/h1-7,10-12,14H,8,13H2/t10-,11+,12+/m1/s1. The largest absolute Gasteiger partial charge is 0.387 e. The molecule has 0 amide bonds. The van der Waals surface area contributed by atoms with Gasteiger partial charge in [0.1, 0.15) is 0 Å². The maximum atomic E-state index is 9.37. The third-order valence-corrected chi connectivity index (χ3v) is 2.56. The van der Waals surface area contributed by atoms with Crippen LogP contribution in [0.1, 0.15) is 5.56 Å². The molecule has 0 unspecified atom stereocenters. The van der Waals surface area contributed by atoms with Crippen molar-refractivity contribution in [3.8, 4) is 0 Å². The van der Waals surface area contributed by atoms with E-state index in [1.165, 1.54) is 0 Å². The maximum Gasteiger partial charge on any atom is 0.0940 e. The smallest absolute Gasteiger partial charge is 0.0940 e. The van der Waals surface area contributed by atoms with Gasteiger partial charge in [-0.2, -0.15) is 0 Å². The van der Waals surface area contributed by atoms with Crippen molar-refractivity contribution in [2.45, 2.75) is 24.9 Å². The normalized spacial score (nSPS) is 29.6. The molecule has 3 heteroatoms. The number of hydrogen-bond donors (Lipinski definition) is 2. The van der Waals surface area contributed by atoms with Crippen molar-refractivity contribution in [1.29, 1.82) is 0 Å². The molecule has 0 saturated heterocycles. The van der Waals surface area contributed by atoms with E-state index >= 15 is 0 Å². The molecule has 3 N–H and O–H groups in total. The van der Waals surface area contributed by atoms with Gasteiger partial charge in [-0.05, 0) is 5.56 Å². The molecule has 3 atom stereocenters. The van der Waals surface area contributed by atoms with Crippen LogP contribution < -0.4 is 5.73 Å². The molecule has 0 aliphatic heterocycles. The van der Waals surface area contributed by atoms with Crippen molar-refractivity contribution in [3.63, 3.8) is 0 Å². The summed E-state index contributed by atoms with van der Waals surface area (Å²) in [4.78, 5) is 0. The van der Waals surface area contributed by atoms with Crippen molar-refractivity contribution in [1.82, 2.24) is 0 Å². The zero-order valence-corrected chi connectivity index (χ0v) is 8.41. The van der Waals surface area contributed by atoms with E-state index < -0.39 is 6.10 Å². The SMILES string of the molecule is N[C@H]1[C@H](O)C=C[C@@H]1OCc1ccccc1. The van der Waals surface area contributed by atoms with E-state index in [0.717, 1.165) is 5.56 Å². The van der Waals surface area contributed by atoms with Crippen molar-refractivity contribution < 1.29 is 9.84 Å². The highest BCUT2D eigenvalue weighted by atomic mass is 16.5. The molecule has 1 aliphatic carbocycles. The molecular formula is C12H15NO2. The third kappa shape index (κ3) is 2.45. The molecule has 1 aromatic carbocycles. The van der Waals surface area contributed by atoms with Crippen LogP contribution in [0.15, 0.2) is 42.5 Å². The Morgan fingerprint density at radius 2 is 1.93 bits per heavy atom. The molecule has 15 heavy (non-hydrogen) atoms. The van der Waals surface area contributed by atoms with E-state index in [4.69, 9.17) is 10.5 Å². The molecule has 0 bridgehead atoms. The Kier molecular flexibility index (Phi) is 3.16. The highest BCUT2D eigenvalue weighted by molar-refractivity contribution is 5.15. The van der Waals surface area contributed by atoms with Gasteiger partial charge in [0.15, 0.2) is 0 Å². The van der Waals surface area contributed by atoms with E-state index in [-0.39, 0.29) is 12.1 Å². The summed E-state index contributed by atoms with van der Waals surface area (Å²) in [6.07, 6.45) is 2.74. The van der Waals surface area contributed by atoms with Gasteiger partial charge in [-0.25, -0.2) is 0 Å². The number of aliphatic hydroxyl groups excluding tert-OH is 1. The Morgan fingerprint density at radius 1 is 1.20 bits per heavy atom. The fraction of sp³-hybridized carbons (Fsp3) is 0.333. The van der Waals surface area contributed by atoms with Crippen LogP contribution in [0.25, 0.3) is 0 Å². The fourth-order valence-electron chi connectivity index (χ4n) is 1.61. The first-order valence-electron chi connectivity index (χ1n) is 5.05. The third-order valence-electron chi connectivity index (χ3n) is 2.56. The Hall–Kier alpha value is -1.16. The molecule has 1 aromatic rings. The van der Waals surface area contributed by atoms with Gasteiger partial charge in [0.2, 0.25) is 0 Å². The van der Waals surface area contributed by atoms with Crippen LogP contribution in [-0.4, -0.2) is 23.4 Å². The number of nitrogens with two attached hydrogens (primary N) is 1. The Labute approximate surface area is 89.2 Å². The second-order valence-corrected chi connectivity index (χ2v) is 3.71. The molecule has 3 nitrogen and oxygen atoms in total. The first-order chi connectivity index (χ1) is 7.27. The second kappa shape index (κ2) is 4.57. The number of ether oxygens (including phenoxy) is 1. The average Bonchev–Trinajstić information content (AvgIpc) is 2.59. The molecule has 0 fully saturated rings. The lowest BCUT2D eigenvalue weighted by Crippen LogP contribution is -2.40. The van der Waals surface area contributed by atoms with Gasteiger partial charge in [-0.15, -0.1) is 0 Å². The van der Waals surface area contributed by atoms with Crippen LogP contribution in [0.2, 0.25) is 0 Å². The number of aliphatic hydroxyl groups is 1. The van der Waals surface area contributed by atoms with E-state index in [0.29, 0.717) is 6.61 Å². The lowest BCUT2D eigenvalue weighted by molar-refractivity contribution is 0.0373. The second-order valence-electron chi connectivity index (χ2n) is 3.71. The van der Waals surface area contributed by atoms with Crippen LogP contribution in [0.3, 0.4) is 0 Å². The minimum Gasteiger partial charge on any atom is -0.387 e. The van der Waals surface area contributed by atoms with Crippen molar-refractivity contribution in [3.05, 3.63) is 48.0 Å². The van der Waals surface area contributed by atoms with E-state index in [2.05, 4.69) is 0 Å². The summed E-state index contributed by atoms with van der Waals surface area (Å²) < 4.78 is 5.60. The van der Waals surface area contributed by atoms with Crippen molar-refractivity contribution in [2.75, 3.05) is 0 Å². The summed E-state index contributed by atoms with van der Waals surface area (Å²) in [5.41, 5.74) is 6.86. The zero-order valence-electron chi connectivity index (χ0n) is 8.41. The number of rotatable bonds is 3. The van der Waals surface area contributed by atoms with E-state index in [1.54, 1.807) is 6.08 Å². The van der Waals surface area contributed by atoms with E-state index in [1.807, 2.05) is 36.4 Å². The van der Waals surface area contributed by atoms with Gasteiger partial charge in [0.25, 0.3) is 0 Å². The summed E-state index contributed by atoms with van der Waals surface area (Å²) in [6, 6.07) is 9.57. The minimum absolute atomic E-state index is 0.180. The summed E-state index contributed by atoms with van der Waals surface area (Å²) in [6.45, 7) is 0.524. The van der Waals surface area contributed by atoms with Crippen molar-refractivity contribution >= 4 is 0 Å². The van der Waals surface area contributed by atoms with Gasteiger partial charge in [0.05, 0.1) is 24.9 Å². The van der Waals surface area contributed by atoms with Gasteiger partial charge in [-0.1, -0.05) is 42.5 Å². The predicted octanol–water partition coefficient (Wildman–Crippen LogP) is 0.830. The Bertz CT molecular complexity index is 337. The van der Waals surface area contributed by atoms with Crippen LogP contribution in [0.4, 0.5) is 0 Å². The van der Waals surface area contributed by atoms with Gasteiger partial charge >= 0.3 is 0 Å². The summed E-state index contributed by atoms with van der Waals surface area (Å²) in [5, 5.41) is 9.37. The monoisotopic (exact) mass is 205 g/mol. The van der Waals surface area contributed by atoms with Crippen molar-refractivity contribution in [2.24, 2.45) is 5.73 Å². The molecule has 0 spiro atoms. The summed E-state index contributed by atoms with van der Waals surface area (Å²) in [7, 11) is 0. The predicted molar refractivity (Wildman–Crippen MR) is 58.1 cm³/mol.